The summed E-state index contributed by atoms with van der Waals surface area (Å²) >= 11 is 0. The first-order chi connectivity index (χ1) is 40.0. The predicted molar refractivity (Wildman–Crippen MR) is 353 cm³/mol. The quantitative estimate of drug-likeness (QED) is 0.0211. The van der Waals surface area contributed by atoms with Gasteiger partial charge in [0, 0.05) is 12.8 Å². The number of esters is 2. The molecule has 2 atom stereocenters. The molecule has 0 saturated carbocycles. The molecule has 0 aliphatic rings. The number of quaternary nitrogens is 1. The van der Waals surface area contributed by atoms with E-state index < -0.39 is 32.5 Å². The van der Waals surface area contributed by atoms with Crippen LogP contribution >= 0.6 is 7.82 Å². The molecule has 0 aliphatic heterocycles. The highest BCUT2D eigenvalue weighted by atomic mass is 31.2. The van der Waals surface area contributed by atoms with Crippen LogP contribution in [0.4, 0.5) is 0 Å². The van der Waals surface area contributed by atoms with Gasteiger partial charge in [-0.05, 0) is 96.3 Å². The molecule has 9 nitrogen and oxygen atoms in total. The molecule has 1 N–H and O–H groups in total. The maximum absolute atomic E-state index is 12.8. The van der Waals surface area contributed by atoms with Crippen molar-refractivity contribution in [2.24, 2.45) is 0 Å². The number of allylic oxidation sites excluding steroid dienone is 20. The van der Waals surface area contributed by atoms with Crippen LogP contribution in [0.5, 0.6) is 0 Å². The molecule has 0 aromatic heterocycles. The van der Waals surface area contributed by atoms with Gasteiger partial charge in [0.05, 0.1) is 27.7 Å². The maximum Gasteiger partial charge on any atom is 0.472 e. The Labute approximate surface area is 505 Å². The summed E-state index contributed by atoms with van der Waals surface area (Å²) in [6, 6.07) is 0. The molecule has 10 heteroatoms. The predicted octanol–water partition coefficient (Wildman–Crippen LogP) is 21.5. The van der Waals surface area contributed by atoms with Gasteiger partial charge >= 0.3 is 19.8 Å². The monoisotopic (exact) mass is 1160 g/mol. The molecule has 0 spiro atoms. The molecule has 0 heterocycles. The van der Waals surface area contributed by atoms with E-state index in [1.54, 1.807) is 0 Å². The average Bonchev–Trinajstić information content (AvgIpc) is 3.45. The van der Waals surface area contributed by atoms with Gasteiger partial charge in [0.15, 0.2) is 6.10 Å². The summed E-state index contributed by atoms with van der Waals surface area (Å²) in [6.45, 7) is 4.15. The molecular weight excluding hydrogens is 1040 g/mol. The Morgan fingerprint density at radius 3 is 1.01 bits per heavy atom. The fourth-order valence-electron chi connectivity index (χ4n) is 8.96. The normalized spacial score (nSPS) is 14.0. The van der Waals surface area contributed by atoms with Gasteiger partial charge in [-0.3, -0.25) is 18.6 Å². The Kier molecular flexibility index (Phi) is 59.2. The van der Waals surface area contributed by atoms with Crippen molar-refractivity contribution in [1.29, 1.82) is 0 Å². The zero-order valence-electron chi connectivity index (χ0n) is 53.4. The van der Waals surface area contributed by atoms with Crippen molar-refractivity contribution in [1.82, 2.24) is 0 Å². The van der Waals surface area contributed by atoms with E-state index in [-0.39, 0.29) is 26.1 Å². The number of hydrogen-bond acceptors (Lipinski definition) is 7. The molecule has 2 unspecified atom stereocenters. The van der Waals surface area contributed by atoms with Crippen molar-refractivity contribution in [3.63, 3.8) is 0 Å². The van der Waals surface area contributed by atoms with E-state index in [2.05, 4.69) is 135 Å². The molecule has 0 fully saturated rings. The number of unbranched alkanes of at least 4 members (excludes halogenated alkanes) is 26. The largest absolute Gasteiger partial charge is 0.472 e. The zero-order chi connectivity index (χ0) is 59.8. The summed E-state index contributed by atoms with van der Waals surface area (Å²) in [5.41, 5.74) is 0. The van der Waals surface area contributed by atoms with Crippen molar-refractivity contribution >= 4 is 19.8 Å². The standard InChI is InChI=1S/C72H124NO8P/c1-6-8-10-12-14-16-18-20-22-24-25-26-27-28-29-30-31-32-33-34-35-36-37-38-39-40-41-42-43-44-45-46-47-49-51-53-55-57-59-61-63-65-72(75)81-70(69-80-82(76,77)79-67-66-73(3,4)5)68-78-71(74)64-62-60-58-56-54-52-50-48-23-21-19-17-15-13-11-9-7-2/h8-11,14-17,20-23,25-26,28-29,50,52,56,58,70H,6-7,12-13,18-19,24,27,30-49,51,53-55,57,59-69H2,1-5H3/p+1/b10-8-,11-9-,16-14-,17-15-,22-20-,23-21-,26-25-,29-28-,52-50-,58-56-. The highest BCUT2D eigenvalue weighted by Crippen LogP contribution is 2.43. The second kappa shape index (κ2) is 62.0. The molecular formula is C72H125NO8P+. The van der Waals surface area contributed by atoms with Crippen LogP contribution in [0.3, 0.4) is 0 Å². The van der Waals surface area contributed by atoms with Gasteiger partial charge in [-0.25, -0.2) is 4.57 Å². The lowest BCUT2D eigenvalue weighted by atomic mass is 10.0. The Hall–Kier alpha value is -3.59. The Morgan fingerprint density at radius 2 is 0.671 bits per heavy atom. The van der Waals surface area contributed by atoms with Crippen molar-refractivity contribution < 1.29 is 42.1 Å². The van der Waals surface area contributed by atoms with Gasteiger partial charge in [0.2, 0.25) is 0 Å². The molecule has 0 saturated heterocycles. The summed E-state index contributed by atoms with van der Waals surface area (Å²) in [7, 11) is 1.44. The fraction of sp³-hybridized carbons (Fsp3) is 0.694. The number of phosphoric ester groups is 1. The first kappa shape index (κ1) is 78.4. The van der Waals surface area contributed by atoms with Crippen LogP contribution in [0, 0.1) is 0 Å². The van der Waals surface area contributed by atoms with Crippen LogP contribution in [0.25, 0.3) is 0 Å². The lowest BCUT2D eigenvalue weighted by Gasteiger charge is -2.24. The van der Waals surface area contributed by atoms with Gasteiger partial charge in [-0.2, -0.15) is 0 Å². The van der Waals surface area contributed by atoms with Crippen molar-refractivity contribution in [2.45, 2.75) is 277 Å². The number of hydrogen-bond donors (Lipinski definition) is 1. The number of carbonyl (C=O) groups is 2. The molecule has 470 valence electrons. The number of nitrogens with zero attached hydrogens (tertiary/aromatic N) is 1. The van der Waals surface area contributed by atoms with E-state index in [1.807, 2.05) is 21.1 Å². The van der Waals surface area contributed by atoms with Gasteiger partial charge in [-0.15, -0.1) is 0 Å². The Balaban J connectivity index is 3.96. The average molecular weight is 1160 g/mol. The zero-order valence-corrected chi connectivity index (χ0v) is 54.3. The van der Waals surface area contributed by atoms with Gasteiger partial charge < -0.3 is 18.9 Å². The van der Waals surface area contributed by atoms with Crippen LogP contribution < -0.4 is 0 Å². The highest BCUT2D eigenvalue weighted by molar-refractivity contribution is 7.47. The highest BCUT2D eigenvalue weighted by Gasteiger charge is 2.27. The van der Waals surface area contributed by atoms with E-state index in [0.717, 1.165) is 89.9 Å². The molecule has 0 aliphatic carbocycles. The minimum atomic E-state index is -4.40. The fourth-order valence-corrected chi connectivity index (χ4v) is 9.70. The van der Waals surface area contributed by atoms with E-state index in [1.165, 1.54) is 141 Å². The van der Waals surface area contributed by atoms with Crippen LogP contribution in [-0.4, -0.2) is 74.9 Å². The number of rotatable bonds is 60. The van der Waals surface area contributed by atoms with Crippen molar-refractivity contribution in [2.75, 3.05) is 47.5 Å². The molecule has 82 heavy (non-hydrogen) atoms. The van der Waals surface area contributed by atoms with Crippen molar-refractivity contribution in [3.05, 3.63) is 122 Å². The number of phosphoric acid groups is 1. The Bertz CT molecular complexity index is 1800. The molecule has 0 radical (unpaired) electrons. The molecule has 0 amide bonds. The number of likely N-dealkylation sites (N-methyl/N-ethyl adjacent to an activating group) is 1. The SMILES string of the molecule is CC/C=C\C/C=C\C/C=C\C/C=C\C/C=C\CCCCCCCCCCCCCCCCCCCCCCCCCCCC(=O)OC(COC(=O)CCC/C=C\C/C=C\C/C=C\C/C=C\C/C=C\CC)COP(=O)(O)OCC[N+](C)(C)C. The second-order valence-electron chi connectivity index (χ2n) is 23.1. The first-order valence-electron chi connectivity index (χ1n) is 33.3. The van der Waals surface area contributed by atoms with Gasteiger partial charge in [0.1, 0.15) is 19.8 Å². The molecule has 0 aromatic rings. The number of ether oxygens (including phenoxy) is 2. The van der Waals surface area contributed by atoms with E-state index >= 15 is 0 Å². The molecule has 0 rings (SSSR count). The number of carbonyl (C=O) groups excluding carboxylic acids is 2. The Morgan fingerprint density at radius 1 is 0.378 bits per heavy atom. The van der Waals surface area contributed by atoms with Crippen LogP contribution in [-0.2, 0) is 32.7 Å². The van der Waals surface area contributed by atoms with Crippen LogP contribution in [0.15, 0.2) is 122 Å². The summed E-state index contributed by atoms with van der Waals surface area (Å²) in [5, 5.41) is 0. The third-order valence-corrected chi connectivity index (χ3v) is 15.0. The smallest absolute Gasteiger partial charge is 0.462 e. The molecule has 0 aromatic carbocycles. The van der Waals surface area contributed by atoms with Crippen molar-refractivity contribution in [3.8, 4) is 0 Å². The first-order valence-corrected chi connectivity index (χ1v) is 34.8. The van der Waals surface area contributed by atoms with Crippen LogP contribution in [0.1, 0.15) is 271 Å². The van der Waals surface area contributed by atoms with Crippen LogP contribution in [0.2, 0.25) is 0 Å². The third-order valence-electron chi connectivity index (χ3n) is 14.0. The minimum absolute atomic E-state index is 0.0194. The maximum atomic E-state index is 12.8. The summed E-state index contributed by atoms with van der Waals surface area (Å²) in [6.07, 6.45) is 89.0. The lowest BCUT2D eigenvalue weighted by Crippen LogP contribution is -2.37. The second-order valence-corrected chi connectivity index (χ2v) is 24.5. The summed E-state index contributed by atoms with van der Waals surface area (Å²) < 4.78 is 34.5. The topological polar surface area (TPSA) is 108 Å². The minimum Gasteiger partial charge on any atom is -0.462 e. The van der Waals surface area contributed by atoms with Gasteiger partial charge in [0.25, 0.3) is 0 Å². The van der Waals surface area contributed by atoms with E-state index in [4.69, 9.17) is 18.5 Å². The van der Waals surface area contributed by atoms with E-state index in [9.17, 15) is 19.0 Å². The third kappa shape index (κ3) is 65.6. The summed E-state index contributed by atoms with van der Waals surface area (Å²) in [5.74, 6) is -0.863. The summed E-state index contributed by atoms with van der Waals surface area (Å²) in [4.78, 5) is 35.7. The van der Waals surface area contributed by atoms with Gasteiger partial charge in [-0.1, -0.05) is 283 Å². The van der Waals surface area contributed by atoms with E-state index in [0.29, 0.717) is 23.9 Å². The molecule has 0 bridgehead atoms. The lowest BCUT2D eigenvalue weighted by molar-refractivity contribution is -0.870.